The second-order valence-corrected chi connectivity index (χ2v) is 6.03. The zero-order valence-corrected chi connectivity index (χ0v) is 11.9. The summed E-state index contributed by atoms with van der Waals surface area (Å²) in [6, 6.07) is 0. The van der Waals surface area contributed by atoms with Crippen LogP contribution in [0.5, 0.6) is 0 Å². The summed E-state index contributed by atoms with van der Waals surface area (Å²) < 4.78 is 5.39. The summed E-state index contributed by atoms with van der Waals surface area (Å²) in [6.07, 6.45) is 5.75. The Hall–Kier alpha value is -1.32. The van der Waals surface area contributed by atoms with Crippen molar-refractivity contribution in [2.45, 2.75) is 46.1 Å². The minimum atomic E-state index is -0.780. The Morgan fingerprint density at radius 2 is 2.16 bits per heavy atom. The van der Waals surface area contributed by atoms with Crippen LogP contribution < -0.4 is 5.73 Å². The van der Waals surface area contributed by atoms with Gasteiger partial charge < -0.3 is 10.5 Å². The van der Waals surface area contributed by atoms with Crippen LogP contribution in [0.4, 0.5) is 4.79 Å². The minimum absolute atomic E-state index is 0.121. The van der Waals surface area contributed by atoms with Crippen LogP contribution in [0.3, 0.4) is 0 Å². The molecule has 4 heteroatoms. The Kier molecular flexibility index (Phi) is 3.70. The Labute approximate surface area is 114 Å². The van der Waals surface area contributed by atoms with Crippen molar-refractivity contribution in [2.24, 2.45) is 28.9 Å². The minimum Gasteiger partial charge on any atom is -0.445 e. The van der Waals surface area contributed by atoms with Crippen molar-refractivity contribution in [3.8, 4) is 0 Å². The van der Waals surface area contributed by atoms with Crippen molar-refractivity contribution < 1.29 is 14.3 Å². The van der Waals surface area contributed by atoms with E-state index in [1.54, 1.807) is 6.92 Å². The molecule has 1 saturated carbocycles. The van der Waals surface area contributed by atoms with E-state index >= 15 is 0 Å². The van der Waals surface area contributed by atoms with Gasteiger partial charge in [0.25, 0.3) is 0 Å². The fourth-order valence-electron chi connectivity index (χ4n) is 3.89. The molecule has 0 spiro atoms. The molecule has 1 amide bonds. The largest absolute Gasteiger partial charge is 0.445 e. The number of amides is 1. The van der Waals surface area contributed by atoms with Gasteiger partial charge in [0, 0.05) is 0 Å². The van der Waals surface area contributed by atoms with E-state index in [1.807, 2.05) is 13.8 Å². The summed E-state index contributed by atoms with van der Waals surface area (Å²) >= 11 is 0. The maximum Gasteiger partial charge on any atom is 0.404 e. The van der Waals surface area contributed by atoms with Gasteiger partial charge in [-0.15, -0.1) is 0 Å². The van der Waals surface area contributed by atoms with Gasteiger partial charge >= 0.3 is 6.09 Å². The molecule has 19 heavy (non-hydrogen) atoms. The molecule has 5 atom stereocenters. The van der Waals surface area contributed by atoms with Crippen molar-refractivity contribution in [1.29, 1.82) is 0 Å². The molecule has 5 unspecified atom stereocenters. The Morgan fingerprint density at radius 3 is 2.53 bits per heavy atom. The lowest BCUT2D eigenvalue weighted by atomic mass is 9.65. The number of primary amides is 1. The lowest BCUT2D eigenvalue weighted by molar-refractivity contribution is -0.139. The average Bonchev–Trinajstić information content (AvgIpc) is 2.95. The Morgan fingerprint density at radius 1 is 1.47 bits per heavy atom. The smallest absolute Gasteiger partial charge is 0.404 e. The van der Waals surface area contributed by atoms with E-state index in [9.17, 15) is 9.59 Å². The summed E-state index contributed by atoms with van der Waals surface area (Å²) in [5.41, 5.74) is 4.65. The van der Waals surface area contributed by atoms with E-state index in [0.717, 1.165) is 19.3 Å². The van der Waals surface area contributed by atoms with Gasteiger partial charge in [-0.05, 0) is 37.5 Å². The molecular weight excluding hydrogens is 242 g/mol. The van der Waals surface area contributed by atoms with Crippen molar-refractivity contribution in [1.82, 2.24) is 0 Å². The summed E-state index contributed by atoms with van der Waals surface area (Å²) in [5.74, 6) is 0.880. The van der Waals surface area contributed by atoms with Crippen LogP contribution in [0, 0.1) is 23.2 Å². The van der Waals surface area contributed by atoms with Gasteiger partial charge in [-0.3, -0.25) is 4.79 Å². The SMILES string of the molecule is CCC(C)C(OC(N)=O)C1(C(C)=O)CC2C=CC1C2. The fraction of sp³-hybridized carbons (Fsp3) is 0.733. The van der Waals surface area contributed by atoms with E-state index in [1.165, 1.54) is 0 Å². The van der Waals surface area contributed by atoms with E-state index in [2.05, 4.69) is 12.2 Å². The summed E-state index contributed by atoms with van der Waals surface area (Å²) in [7, 11) is 0. The number of carbonyl (C=O) groups excluding carboxylic acids is 2. The van der Waals surface area contributed by atoms with Crippen LogP contribution in [0.25, 0.3) is 0 Å². The summed E-state index contributed by atoms with van der Waals surface area (Å²) in [6.45, 7) is 5.68. The zero-order valence-electron chi connectivity index (χ0n) is 11.9. The number of nitrogens with two attached hydrogens (primary N) is 1. The number of hydrogen-bond acceptors (Lipinski definition) is 3. The molecule has 0 aromatic heterocycles. The van der Waals surface area contributed by atoms with Gasteiger partial charge in [-0.1, -0.05) is 32.4 Å². The molecule has 0 aromatic rings. The molecule has 1 fully saturated rings. The van der Waals surface area contributed by atoms with Gasteiger partial charge in [0.1, 0.15) is 11.9 Å². The summed E-state index contributed by atoms with van der Waals surface area (Å²) in [4.78, 5) is 23.6. The maximum atomic E-state index is 12.3. The quantitative estimate of drug-likeness (QED) is 0.777. The summed E-state index contributed by atoms with van der Waals surface area (Å²) in [5, 5.41) is 0. The molecule has 2 bridgehead atoms. The standard InChI is InChI=1S/C15H23NO3/c1-4-9(2)13(19-14(16)18)15(10(3)17)8-11-5-6-12(15)7-11/h5-6,9,11-13H,4,7-8H2,1-3H3,(H2,16,18). The number of fused-ring (bicyclic) bond motifs is 2. The molecule has 2 aliphatic rings. The van der Waals surface area contributed by atoms with Crippen LogP contribution in [0.2, 0.25) is 0 Å². The molecule has 4 nitrogen and oxygen atoms in total. The molecule has 106 valence electrons. The highest BCUT2D eigenvalue weighted by Gasteiger charge is 2.58. The number of allylic oxidation sites excluding steroid dienone is 2. The van der Waals surface area contributed by atoms with Crippen molar-refractivity contribution in [2.75, 3.05) is 0 Å². The average molecular weight is 265 g/mol. The van der Waals surface area contributed by atoms with Crippen molar-refractivity contribution in [3.05, 3.63) is 12.2 Å². The lowest BCUT2D eigenvalue weighted by Crippen LogP contribution is -2.50. The van der Waals surface area contributed by atoms with E-state index in [-0.39, 0.29) is 17.6 Å². The highest BCUT2D eigenvalue weighted by molar-refractivity contribution is 5.85. The first-order chi connectivity index (χ1) is 8.91. The molecule has 0 heterocycles. The van der Waals surface area contributed by atoms with Gasteiger partial charge in [0.2, 0.25) is 0 Å². The lowest BCUT2D eigenvalue weighted by Gasteiger charge is -2.42. The zero-order chi connectivity index (χ0) is 14.2. The van der Waals surface area contributed by atoms with Gasteiger partial charge in [0.05, 0.1) is 5.41 Å². The van der Waals surface area contributed by atoms with Crippen molar-refractivity contribution >= 4 is 11.9 Å². The highest BCUT2D eigenvalue weighted by atomic mass is 16.6. The first-order valence-corrected chi connectivity index (χ1v) is 7.07. The maximum absolute atomic E-state index is 12.3. The third kappa shape index (κ3) is 2.17. The third-order valence-corrected chi connectivity index (χ3v) is 5.00. The second kappa shape index (κ2) is 4.99. The first-order valence-electron chi connectivity index (χ1n) is 7.07. The first kappa shape index (κ1) is 14.1. The molecule has 2 rings (SSSR count). The predicted octanol–water partition coefficient (Wildman–Crippen LogP) is 2.67. The fourth-order valence-corrected chi connectivity index (χ4v) is 3.89. The number of ketones is 1. The van der Waals surface area contributed by atoms with E-state index < -0.39 is 17.6 Å². The van der Waals surface area contributed by atoms with Gasteiger partial charge in [0.15, 0.2) is 0 Å². The third-order valence-electron chi connectivity index (χ3n) is 5.00. The molecule has 2 aliphatic carbocycles. The Balaban J connectivity index is 2.38. The number of rotatable bonds is 5. The van der Waals surface area contributed by atoms with Gasteiger partial charge in [-0.2, -0.15) is 0 Å². The van der Waals surface area contributed by atoms with Gasteiger partial charge in [-0.25, -0.2) is 4.79 Å². The van der Waals surface area contributed by atoms with Crippen LogP contribution >= 0.6 is 0 Å². The topological polar surface area (TPSA) is 69.4 Å². The van der Waals surface area contributed by atoms with Crippen LogP contribution in [0.15, 0.2) is 12.2 Å². The van der Waals surface area contributed by atoms with Crippen LogP contribution in [-0.4, -0.2) is 18.0 Å². The molecule has 0 radical (unpaired) electrons. The number of hydrogen-bond donors (Lipinski definition) is 1. The van der Waals surface area contributed by atoms with E-state index in [4.69, 9.17) is 10.5 Å². The molecule has 2 N–H and O–H groups in total. The number of Topliss-reactive ketones (excluding diaryl/α,β-unsaturated/α-hetero) is 1. The Bertz CT molecular complexity index is 418. The van der Waals surface area contributed by atoms with Crippen LogP contribution in [-0.2, 0) is 9.53 Å². The highest BCUT2D eigenvalue weighted by Crippen LogP contribution is 2.56. The molecule has 0 aliphatic heterocycles. The van der Waals surface area contributed by atoms with Crippen molar-refractivity contribution in [3.63, 3.8) is 0 Å². The second-order valence-electron chi connectivity index (χ2n) is 6.03. The number of ether oxygens (including phenoxy) is 1. The van der Waals surface area contributed by atoms with E-state index in [0.29, 0.717) is 5.92 Å². The normalized spacial score (nSPS) is 35.1. The van der Waals surface area contributed by atoms with Crippen LogP contribution in [0.1, 0.15) is 40.0 Å². The molecular formula is C15H23NO3. The predicted molar refractivity (Wildman–Crippen MR) is 72.4 cm³/mol. The monoisotopic (exact) mass is 265 g/mol. The number of carbonyl (C=O) groups is 2. The molecule has 0 saturated heterocycles. The molecule has 0 aromatic carbocycles.